The molecule has 0 saturated heterocycles. The topological polar surface area (TPSA) is 69.6 Å². The number of rotatable bonds is 6. The Morgan fingerprint density at radius 1 is 1.29 bits per heavy atom. The van der Waals surface area contributed by atoms with Crippen LogP contribution >= 0.6 is 0 Å². The number of hydrogen-bond acceptors (Lipinski definition) is 4. The first kappa shape index (κ1) is 14.0. The lowest BCUT2D eigenvalue weighted by atomic mass is 10.1. The molecule has 1 rings (SSSR count). The van der Waals surface area contributed by atoms with Gasteiger partial charge in [0.05, 0.1) is 0 Å². The summed E-state index contributed by atoms with van der Waals surface area (Å²) in [6.45, 7) is 4.48. The number of nitrogens with one attached hydrogen (secondary N) is 1. The van der Waals surface area contributed by atoms with Crippen molar-refractivity contribution in [3.05, 3.63) is 23.8 Å². The van der Waals surface area contributed by atoms with E-state index in [0.29, 0.717) is 18.1 Å². The van der Waals surface area contributed by atoms with Crippen LogP contribution in [0.3, 0.4) is 0 Å². The second kappa shape index (κ2) is 6.61. The molecule has 0 aliphatic carbocycles. The third kappa shape index (κ3) is 4.75. The number of benzene rings is 1. The highest BCUT2D eigenvalue weighted by atomic mass is 32.2. The summed E-state index contributed by atoms with van der Waals surface area (Å²) in [4.78, 5) is 0. The molecule has 0 spiro atoms. The molecule has 0 aromatic heterocycles. The van der Waals surface area contributed by atoms with Gasteiger partial charge in [0.2, 0.25) is 0 Å². The SMILES string of the molecule is CCS(=O)CCNC(C)c1cc(O)cc(O)c1. The van der Waals surface area contributed by atoms with Crippen molar-refractivity contribution in [2.45, 2.75) is 19.9 Å². The maximum atomic E-state index is 11.2. The molecule has 2 unspecified atom stereocenters. The van der Waals surface area contributed by atoms with Gasteiger partial charge in [-0.1, -0.05) is 6.92 Å². The average Bonchev–Trinajstić information content (AvgIpc) is 2.27. The second-order valence-corrected chi connectivity index (χ2v) is 5.76. The Bertz CT molecular complexity index is 375. The van der Waals surface area contributed by atoms with Gasteiger partial charge in [-0.05, 0) is 24.6 Å². The molecule has 17 heavy (non-hydrogen) atoms. The van der Waals surface area contributed by atoms with Crippen molar-refractivity contribution in [2.75, 3.05) is 18.1 Å². The second-order valence-electron chi connectivity index (χ2n) is 3.89. The Labute approximate surface area is 104 Å². The Balaban J connectivity index is 2.52. The molecule has 0 heterocycles. The van der Waals surface area contributed by atoms with Gasteiger partial charge in [-0.2, -0.15) is 0 Å². The van der Waals surface area contributed by atoms with Crippen LogP contribution in [0.25, 0.3) is 0 Å². The molecule has 4 nitrogen and oxygen atoms in total. The third-order valence-electron chi connectivity index (χ3n) is 2.53. The van der Waals surface area contributed by atoms with Crippen LogP contribution in [0.4, 0.5) is 0 Å². The van der Waals surface area contributed by atoms with E-state index in [1.807, 2.05) is 13.8 Å². The largest absolute Gasteiger partial charge is 0.508 e. The van der Waals surface area contributed by atoms with E-state index in [9.17, 15) is 14.4 Å². The van der Waals surface area contributed by atoms with Crippen LogP contribution in [0.1, 0.15) is 25.5 Å². The molecular formula is C12H19NO3S. The monoisotopic (exact) mass is 257 g/mol. The van der Waals surface area contributed by atoms with Gasteiger partial charge in [0.25, 0.3) is 0 Å². The molecule has 0 radical (unpaired) electrons. The standard InChI is InChI=1S/C12H19NO3S/c1-3-17(16)5-4-13-9(2)10-6-11(14)8-12(15)7-10/h6-9,13-15H,3-5H2,1-2H3. The van der Waals surface area contributed by atoms with Gasteiger partial charge in [0.15, 0.2) is 0 Å². The minimum absolute atomic E-state index is 0.00172. The first-order valence-electron chi connectivity index (χ1n) is 5.64. The lowest BCUT2D eigenvalue weighted by Gasteiger charge is -2.14. The highest BCUT2D eigenvalue weighted by Crippen LogP contribution is 2.24. The summed E-state index contributed by atoms with van der Waals surface area (Å²) in [6, 6.07) is 4.51. The van der Waals surface area contributed by atoms with Gasteiger partial charge >= 0.3 is 0 Å². The van der Waals surface area contributed by atoms with Gasteiger partial charge in [0, 0.05) is 41.0 Å². The normalized spacial score (nSPS) is 14.5. The fraction of sp³-hybridized carbons (Fsp3) is 0.500. The van der Waals surface area contributed by atoms with Crippen LogP contribution in [-0.4, -0.2) is 32.5 Å². The summed E-state index contributed by atoms with van der Waals surface area (Å²) in [5.74, 6) is 1.38. The molecule has 1 aromatic rings. The smallest absolute Gasteiger partial charge is 0.119 e. The molecule has 0 saturated carbocycles. The van der Waals surface area contributed by atoms with Crippen molar-refractivity contribution in [1.29, 1.82) is 0 Å². The molecule has 0 fully saturated rings. The molecule has 5 heteroatoms. The number of aromatic hydroxyl groups is 2. The molecule has 0 amide bonds. The summed E-state index contributed by atoms with van der Waals surface area (Å²) in [7, 11) is -0.770. The van der Waals surface area contributed by atoms with E-state index in [0.717, 1.165) is 5.56 Å². The summed E-state index contributed by atoms with van der Waals surface area (Å²) >= 11 is 0. The molecule has 96 valence electrons. The Morgan fingerprint density at radius 2 is 1.88 bits per heavy atom. The Kier molecular flexibility index (Phi) is 5.44. The third-order valence-corrected chi connectivity index (χ3v) is 3.83. The summed E-state index contributed by atoms with van der Waals surface area (Å²) < 4.78 is 11.2. The van der Waals surface area contributed by atoms with Crippen LogP contribution in [0.2, 0.25) is 0 Å². The minimum atomic E-state index is -0.770. The first-order chi connectivity index (χ1) is 8.02. The van der Waals surface area contributed by atoms with Crippen LogP contribution < -0.4 is 5.32 Å². The molecule has 0 aliphatic heterocycles. The maximum absolute atomic E-state index is 11.2. The van der Waals surface area contributed by atoms with Crippen LogP contribution in [0.15, 0.2) is 18.2 Å². The summed E-state index contributed by atoms with van der Waals surface area (Å²) in [6.07, 6.45) is 0. The van der Waals surface area contributed by atoms with Crippen molar-refractivity contribution < 1.29 is 14.4 Å². The van der Waals surface area contributed by atoms with Crippen molar-refractivity contribution in [2.24, 2.45) is 0 Å². The fourth-order valence-corrected chi connectivity index (χ4v) is 2.15. The van der Waals surface area contributed by atoms with E-state index in [4.69, 9.17) is 0 Å². The average molecular weight is 257 g/mol. The van der Waals surface area contributed by atoms with Crippen molar-refractivity contribution in [3.63, 3.8) is 0 Å². The van der Waals surface area contributed by atoms with Crippen LogP contribution in [-0.2, 0) is 10.8 Å². The van der Waals surface area contributed by atoms with Crippen LogP contribution in [0.5, 0.6) is 11.5 Å². The Morgan fingerprint density at radius 3 is 2.41 bits per heavy atom. The predicted molar refractivity (Wildman–Crippen MR) is 69.7 cm³/mol. The molecule has 1 aromatic carbocycles. The molecule has 0 aliphatic rings. The summed E-state index contributed by atoms with van der Waals surface area (Å²) in [5, 5.41) is 21.9. The number of phenols is 2. The number of hydrogen-bond donors (Lipinski definition) is 3. The van der Waals surface area contributed by atoms with E-state index in [2.05, 4.69) is 5.32 Å². The molecule has 2 atom stereocenters. The molecule has 0 bridgehead atoms. The van der Waals surface area contributed by atoms with Gasteiger partial charge in [-0.25, -0.2) is 0 Å². The van der Waals surface area contributed by atoms with E-state index in [-0.39, 0.29) is 17.5 Å². The highest BCUT2D eigenvalue weighted by Gasteiger charge is 2.07. The zero-order valence-electron chi connectivity index (χ0n) is 10.1. The quantitative estimate of drug-likeness (QED) is 0.722. The van der Waals surface area contributed by atoms with Gasteiger partial charge < -0.3 is 15.5 Å². The van der Waals surface area contributed by atoms with E-state index < -0.39 is 10.8 Å². The molecular weight excluding hydrogens is 238 g/mol. The zero-order chi connectivity index (χ0) is 12.8. The van der Waals surface area contributed by atoms with Crippen LogP contribution in [0, 0.1) is 0 Å². The lowest BCUT2D eigenvalue weighted by molar-refractivity contribution is 0.446. The minimum Gasteiger partial charge on any atom is -0.508 e. The fourth-order valence-electron chi connectivity index (χ4n) is 1.52. The van der Waals surface area contributed by atoms with E-state index >= 15 is 0 Å². The van der Waals surface area contributed by atoms with Crippen molar-refractivity contribution >= 4 is 10.8 Å². The predicted octanol–water partition coefficient (Wildman–Crippen LogP) is 1.52. The first-order valence-corrected chi connectivity index (χ1v) is 7.13. The van der Waals surface area contributed by atoms with Crippen molar-refractivity contribution in [3.8, 4) is 11.5 Å². The van der Waals surface area contributed by atoms with E-state index in [1.165, 1.54) is 6.07 Å². The molecule has 3 N–H and O–H groups in total. The van der Waals surface area contributed by atoms with Gasteiger partial charge in [-0.15, -0.1) is 0 Å². The Hall–Kier alpha value is -1.07. The maximum Gasteiger partial charge on any atom is 0.119 e. The zero-order valence-corrected chi connectivity index (χ0v) is 11.0. The lowest BCUT2D eigenvalue weighted by Crippen LogP contribution is -2.24. The van der Waals surface area contributed by atoms with Gasteiger partial charge in [-0.3, -0.25) is 4.21 Å². The summed E-state index contributed by atoms with van der Waals surface area (Å²) in [5.41, 5.74) is 0.810. The highest BCUT2D eigenvalue weighted by molar-refractivity contribution is 7.84. The van der Waals surface area contributed by atoms with Crippen molar-refractivity contribution in [1.82, 2.24) is 5.32 Å². The number of phenolic OH excluding ortho intramolecular Hbond substituents is 2. The van der Waals surface area contributed by atoms with Gasteiger partial charge in [0.1, 0.15) is 11.5 Å². The van der Waals surface area contributed by atoms with E-state index in [1.54, 1.807) is 12.1 Å².